The van der Waals surface area contributed by atoms with Crippen LogP contribution in [0, 0.1) is 6.92 Å². The molecule has 2 aliphatic rings. The highest BCUT2D eigenvalue weighted by atomic mass is 32.2. The third kappa shape index (κ3) is 3.86. The fourth-order valence-electron chi connectivity index (χ4n) is 3.36. The fraction of sp³-hybridized carbons (Fsp3) is 0.130. The van der Waals surface area contributed by atoms with Crippen molar-refractivity contribution in [1.82, 2.24) is 4.90 Å². The van der Waals surface area contributed by atoms with Crippen LogP contribution < -0.4 is 4.90 Å². The predicted octanol–water partition coefficient (Wildman–Crippen LogP) is 4.08. The van der Waals surface area contributed by atoms with E-state index in [0.717, 1.165) is 27.8 Å². The Hall–Kier alpha value is -3.03. The largest absolute Gasteiger partial charge is 0.280 e. The van der Waals surface area contributed by atoms with Crippen molar-refractivity contribution in [3.63, 3.8) is 0 Å². The fourth-order valence-corrected chi connectivity index (χ4v) is 4.66. The van der Waals surface area contributed by atoms with E-state index in [1.54, 1.807) is 24.3 Å². The minimum Gasteiger partial charge on any atom is -0.280 e. The molecule has 2 aromatic rings. The van der Waals surface area contributed by atoms with Crippen molar-refractivity contribution in [3.8, 4) is 0 Å². The molecule has 0 N–H and O–H groups in total. The van der Waals surface area contributed by atoms with Crippen LogP contribution >= 0.6 is 24.0 Å². The topological polar surface area (TPSA) is 57.7 Å². The summed E-state index contributed by atoms with van der Waals surface area (Å²) in [5.74, 6) is -1.11. The molecule has 2 heterocycles. The summed E-state index contributed by atoms with van der Waals surface area (Å²) in [4.78, 5) is 41.3. The highest BCUT2D eigenvalue weighted by Gasteiger charge is 2.48. The van der Waals surface area contributed by atoms with E-state index >= 15 is 0 Å². The number of nitrogens with zero attached hydrogens (tertiary/aromatic N) is 2. The van der Waals surface area contributed by atoms with Gasteiger partial charge in [-0.05, 0) is 30.7 Å². The van der Waals surface area contributed by atoms with Gasteiger partial charge in [-0.2, -0.15) is 0 Å². The van der Waals surface area contributed by atoms with Crippen LogP contribution in [0.15, 0.2) is 71.7 Å². The molecule has 3 amide bonds. The lowest BCUT2D eigenvalue weighted by molar-refractivity contribution is -0.130. The molecule has 2 aliphatic heterocycles. The Labute approximate surface area is 184 Å². The van der Waals surface area contributed by atoms with E-state index in [-0.39, 0.29) is 22.6 Å². The van der Waals surface area contributed by atoms with Gasteiger partial charge in [-0.15, -0.1) is 0 Å². The number of hydrogen-bond acceptors (Lipinski definition) is 5. The normalized spacial score (nSPS) is 21.0. The highest BCUT2D eigenvalue weighted by Crippen LogP contribution is 2.36. The van der Waals surface area contributed by atoms with Gasteiger partial charge in [0.15, 0.2) is 0 Å². The lowest BCUT2D eigenvalue weighted by Gasteiger charge is -2.21. The van der Waals surface area contributed by atoms with Gasteiger partial charge in [0, 0.05) is 0 Å². The van der Waals surface area contributed by atoms with E-state index in [2.05, 4.69) is 0 Å². The summed E-state index contributed by atoms with van der Waals surface area (Å²) in [5.41, 5.74) is 2.54. The minimum absolute atomic E-state index is 0.0771. The van der Waals surface area contributed by atoms with Crippen molar-refractivity contribution in [3.05, 3.63) is 82.8 Å². The molecule has 150 valence electrons. The van der Waals surface area contributed by atoms with Crippen LogP contribution in [-0.2, 0) is 14.4 Å². The molecule has 1 unspecified atom stereocenters. The monoisotopic (exact) mass is 434 g/mol. The Morgan fingerprint density at radius 2 is 1.73 bits per heavy atom. The lowest BCUT2D eigenvalue weighted by atomic mass is 10.2. The van der Waals surface area contributed by atoms with Crippen molar-refractivity contribution < 1.29 is 14.4 Å². The van der Waals surface area contributed by atoms with Gasteiger partial charge < -0.3 is 0 Å². The van der Waals surface area contributed by atoms with Crippen LogP contribution in [0.5, 0.6) is 0 Å². The maximum atomic E-state index is 13.0. The van der Waals surface area contributed by atoms with Crippen LogP contribution in [0.4, 0.5) is 5.69 Å². The number of anilines is 1. The van der Waals surface area contributed by atoms with E-state index in [1.807, 2.05) is 55.5 Å². The Morgan fingerprint density at radius 3 is 2.43 bits per heavy atom. The smallest absolute Gasteiger partial charge is 0.266 e. The summed E-state index contributed by atoms with van der Waals surface area (Å²) in [6, 6.07) is 15.9. The number of hydrogen-bond donors (Lipinski definition) is 0. The zero-order valence-corrected chi connectivity index (χ0v) is 17.8. The number of allylic oxidation sites excluding steroid dienone is 2. The highest BCUT2D eigenvalue weighted by molar-refractivity contribution is 8.26. The van der Waals surface area contributed by atoms with Crippen LogP contribution in [-0.4, -0.2) is 33.0 Å². The Balaban J connectivity index is 1.53. The molecule has 2 aromatic carbocycles. The first-order valence-electron chi connectivity index (χ1n) is 9.38. The molecule has 0 aliphatic carbocycles. The summed E-state index contributed by atoms with van der Waals surface area (Å²) < 4.78 is 0.288. The molecule has 0 spiro atoms. The second kappa shape index (κ2) is 8.38. The van der Waals surface area contributed by atoms with Crippen LogP contribution in [0.2, 0.25) is 0 Å². The zero-order chi connectivity index (χ0) is 21.3. The number of carbonyl (C=O) groups excluding carboxylic acids is 3. The van der Waals surface area contributed by atoms with Crippen LogP contribution in [0.3, 0.4) is 0 Å². The molecule has 4 rings (SSSR count). The second-order valence-electron chi connectivity index (χ2n) is 6.97. The molecular weight excluding hydrogens is 416 g/mol. The van der Waals surface area contributed by atoms with Gasteiger partial charge >= 0.3 is 0 Å². The van der Waals surface area contributed by atoms with E-state index in [9.17, 15) is 14.4 Å². The maximum absolute atomic E-state index is 13.0. The number of amides is 3. The van der Waals surface area contributed by atoms with Gasteiger partial charge in [-0.25, -0.2) is 4.90 Å². The number of thiocarbonyl (C=S) groups is 1. The number of aryl methyl sites for hydroxylation is 1. The summed E-state index contributed by atoms with van der Waals surface area (Å²) in [6.45, 7) is 1.93. The summed E-state index contributed by atoms with van der Waals surface area (Å²) in [5, 5.41) is 0. The van der Waals surface area contributed by atoms with Crippen molar-refractivity contribution in [2.75, 3.05) is 4.90 Å². The van der Waals surface area contributed by atoms with Gasteiger partial charge in [0.2, 0.25) is 5.91 Å². The number of benzene rings is 2. The Kier molecular flexibility index (Phi) is 5.65. The van der Waals surface area contributed by atoms with Crippen LogP contribution in [0.1, 0.15) is 17.5 Å². The van der Waals surface area contributed by atoms with E-state index in [1.165, 1.54) is 4.90 Å². The molecule has 1 atom stereocenters. The summed E-state index contributed by atoms with van der Waals surface area (Å²) in [6.07, 6.45) is 5.27. The number of carbonyl (C=O) groups is 3. The molecular formula is C23H18N2O3S2. The predicted molar refractivity (Wildman–Crippen MR) is 123 cm³/mol. The van der Waals surface area contributed by atoms with Gasteiger partial charge in [-0.1, -0.05) is 84.2 Å². The quantitative estimate of drug-likeness (QED) is 0.412. The van der Waals surface area contributed by atoms with Gasteiger partial charge in [0.05, 0.1) is 17.0 Å². The SMILES string of the molecule is Cc1ccc(N2C(=O)CC(N3C(=O)/C(=C\C=C/c4ccccc4)SC3=S)C2=O)cc1. The Morgan fingerprint density at radius 1 is 1.03 bits per heavy atom. The van der Waals surface area contributed by atoms with E-state index < -0.39 is 11.9 Å². The maximum Gasteiger partial charge on any atom is 0.266 e. The zero-order valence-electron chi connectivity index (χ0n) is 16.1. The average molecular weight is 435 g/mol. The third-order valence-electron chi connectivity index (χ3n) is 4.89. The molecule has 0 aromatic heterocycles. The third-order valence-corrected chi connectivity index (χ3v) is 6.23. The van der Waals surface area contributed by atoms with E-state index in [0.29, 0.717) is 10.6 Å². The first kappa shape index (κ1) is 20.3. The standard InChI is InChI=1S/C23H18N2O3S2/c1-15-10-12-17(13-11-15)24-20(26)14-18(21(24)27)25-22(28)19(30-23(25)29)9-5-8-16-6-3-2-4-7-16/h2-13,18H,14H2,1H3/b8-5-,19-9+. The van der Waals surface area contributed by atoms with Gasteiger partial charge in [-0.3, -0.25) is 19.3 Å². The summed E-state index contributed by atoms with van der Waals surface area (Å²) in [7, 11) is 0. The second-order valence-corrected chi connectivity index (χ2v) is 8.64. The number of imide groups is 1. The molecule has 0 radical (unpaired) electrons. The molecule has 0 bridgehead atoms. The van der Waals surface area contributed by atoms with Gasteiger partial charge in [0.1, 0.15) is 10.4 Å². The molecule has 0 saturated carbocycles. The van der Waals surface area contributed by atoms with Gasteiger partial charge in [0.25, 0.3) is 11.8 Å². The molecule has 5 nitrogen and oxygen atoms in total. The molecule has 2 fully saturated rings. The molecule has 30 heavy (non-hydrogen) atoms. The number of rotatable bonds is 4. The van der Waals surface area contributed by atoms with Crippen molar-refractivity contribution in [2.24, 2.45) is 0 Å². The summed E-state index contributed by atoms with van der Waals surface area (Å²) >= 11 is 6.50. The first-order valence-corrected chi connectivity index (χ1v) is 10.6. The van der Waals surface area contributed by atoms with Crippen molar-refractivity contribution in [2.45, 2.75) is 19.4 Å². The van der Waals surface area contributed by atoms with Crippen molar-refractivity contribution in [1.29, 1.82) is 0 Å². The Bertz CT molecular complexity index is 1090. The minimum atomic E-state index is -0.907. The van der Waals surface area contributed by atoms with Crippen molar-refractivity contribution >= 4 is 57.8 Å². The number of thioether (sulfide) groups is 1. The van der Waals surface area contributed by atoms with Crippen LogP contribution in [0.25, 0.3) is 6.08 Å². The average Bonchev–Trinajstić information content (AvgIpc) is 3.18. The molecule has 2 saturated heterocycles. The first-order chi connectivity index (χ1) is 14.5. The lowest BCUT2D eigenvalue weighted by Crippen LogP contribution is -2.44. The van der Waals surface area contributed by atoms with E-state index in [4.69, 9.17) is 12.2 Å². The molecule has 7 heteroatoms.